The Morgan fingerprint density at radius 2 is 1.50 bits per heavy atom. The minimum Gasteiger partial charge on any atom is -0.348 e. The average Bonchev–Trinajstić information content (AvgIpc) is 2.62. The molecule has 0 radical (unpaired) electrons. The molecule has 0 saturated carbocycles. The molecule has 0 aromatic heterocycles. The molecule has 0 bridgehead atoms. The van der Waals surface area contributed by atoms with E-state index in [4.69, 9.17) is 5.73 Å². The maximum atomic E-state index is 12.6. The van der Waals surface area contributed by atoms with Crippen LogP contribution >= 0.6 is 0 Å². The van der Waals surface area contributed by atoms with Crippen LogP contribution in [0, 0.1) is 11.8 Å². The van der Waals surface area contributed by atoms with Gasteiger partial charge >= 0.3 is 0 Å². The quantitative estimate of drug-likeness (QED) is 0.249. The maximum absolute atomic E-state index is 12.6. The van der Waals surface area contributed by atoms with Crippen LogP contribution in [-0.2, 0) is 24.0 Å². The van der Waals surface area contributed by atoms with Crippen LogP contribution in [0.25, 0.3) is 0 Å². The number of carbonyl (C=O) groups is 5. The van der Waals surface area contributed by atoms with E-state index in [0.717, 1.165) is 0 Å². The molecule has 0 aliphatic carbocycles. The summed E-state index contributed by atoms with van der Waals surface area (Å²) < 4.78 is 0. The minimum absolute atomic E-state index is 0.127. The lowest BCUT2D eigenvalue weighted by Crippen LogP contribution is -2.58. The Bertz CT molecular complexity index is 565. The number of carbonyl (C=O) groups excluding carboxylic acids is 5. The smallest absolute Gasteiger partial charge is 0.243 e. The van der Waals surface area contributed by atoms with Crippen molar-refractivity contribution in [2.75, 3.05) is 13.1 Å². The molecular formula is C18H33N5O5. The summed E-state index contributed by atoms with van der Waals surface area (Å²) in [6, 6.07) is -2.61. The zero-order valence-corrected chi connectivity index (χ0v) is 17.2. The standard InChI is InChI=1S/C18H33N5O5/c1-10(2)8-13(22-14(25)9-19)17(27)23-15(11(3)4)18(28)21-12(5)16(26)20-6-7-24/h7,10-13,15H,6,8-9,19H2,1-5H3,(H,20,26)(H,21,28)(H,22,25)(H,23,27)/t12-,13-,15-/m0/s1. The molecule has 0 aliphatic heterocycles. The number of rotatable bonds is 12. The molecule has 0 aliphatic rings. The highest BCUT2D eigenvalue weighted by Gasteiger charge is 2.30. The van der Waals surface area contributed by atoms with Crippen LogP contribution in [0.2, 0.25) is 0 Å². The van der Waals surface area contributed by atoms with Crippen molar-refractivity contribution >= 4 is 29.9 Å². The highest BCUT2D eigenvalue weighted by molar-refractivity contribution is 5.94. The third kappa shape index (κ3) is 9.45. The molecule has 0 aromatic rings. The largest absolute Gasteiger partial charge is 0.348 e. The van der Waals surface area contributed by atoms with Crippen LogP contribution in [0.4, 0.5) is 0 Å². The van der Waals surface area contributed by atoms with Crippen molar-refractivity contribution in [1.29, 1.82) is 0 Å². The van der Waals surface area contributed by atoms with Crippen molar-refractivity contribution in [2.45, 2.75) is 59.2 Å². The van der Waals surface area contributed by atoms with Crippen molar-refractivity contribution in [3.05, 3.63) is 0 Å². The van der Waals surface area contributed by atoms with Gasteiger partial charge in [-0.3, -0.25) is 19.2 Å². The summed E-state index contributed by atoms with van der Waals surface area (Å²) in [5, 5.41) is 10.1. The second-order valence-electron chi connectivity index (χ2n) is 7.33. The minimum atomic E-state index is -0.904. The molecule has 6 N–H and O–H groups in total. The van der Waals surface area contributed by atoms with Gasteiger partial charge in [-0.1, -0.05) is 27.7 Å². The lowest BCUT2D eigenvalue weighted by molar-refractivity contribution is -0.134. The molecule has 10 heteroatoms. The van der Waals surface area contributed by atoms with Gasteiger partial charge in [0, 0.05) is 0 Å². The summed E-state index contributed by atoms with van der Waals surface area (Å²) in [4.78, 5) is 58.9. The summed E-state index contributed by atoms with van der Waals surface area (Å²) in [7, 11) is 0. The van der Waals surface area contributed by atoms with Crippen molar-refractivity contribution in [3.8, 4) is 0 Å². The van der Waals surface area contributed by atoms with Crippen LogP contribution in [0.3, 0.4) is 0 Å². The lowest BCUT2D eigenvalue weighted by atomic mass is 9.99. The fraction of sp³-hybridized carbons (Fsp3) is 0.722. The Hall–Kier alpha value is -2.49. The van der Waals surface area contributed by atoms with E-state index in [1.807, 2.05) is 13.8 Å². The van der Waals surface area contributed by atoms with E-state index < -0.39 is 41.8 Å². The van der Waals surface area contributed by atoms with Crippen LogP contribution < -0.4 is 27.0 Å². The van der Waals surface area contributed by atoms with Gasteiger partial charge in [-0.05, 0) is 25.2 Å². The number of hydrogen-bond donors (Lipinski definition) is 5. The first-order valence-electron chi connectivity index (χ1n) is 9.34. The normalized spacial score (nSPS) is 14.0. The summed E-state index contributed by atoms with van der Waals surface area (Å²) in [6.07, 6.45) is 0.919. The number of nitrogens with two attached hydrogens (primary N) is 1. The second-order valence-corrected chi connectivity index (χ2v) is 7.33. The molecule has 0 saturated heterocycles. The molecule has 0 unspecified atom stereocenters. The molecular weight excluding hydrogens is 366 g/mol. The lowest BCUT2D eigenvalue weighted by Gasteiger charge is -2.27. The van der Waals surface area contributed by atoms with Crippen molar-refractivity contribution in [1.82, 2.24) is 21.3 Å². The maximum Gasteiger partial charge on any atom is 0.243 e. The monoisotopic (exact) mass is 399 g/mol. The zero-order chi connectivity index (χ0) is 21.9. The third-order valence-electron chi connectivity index (χ3n) is 3.90. The molecule has 10 nitrogen and oxygen atoms in total. The van der Waals surface area contributed by atoms with Gasteiger partial charge < -0.3 is 31.8 Å². The van der Waals surface area contributed by atoms with E-state index in [9.17, 15) is 24.0 Å². The summed E-state index contributed by atoms with van der Waals surface area (Å²) in [5.41, 5.74) is 5.30. The number of amides is 4. The average molecular weight is 399 g/mol. The first-order chi connectivity index (χ1) is 13.0. The van der Waals surface area contributed by atoms with Gasteiger partial charge in [-0.15, -0.1) is 0 Å². The zero-order valence-electron chi connectivity index (χ0n) is 17.2. The molecule has 0 spiro atoms. The number of aldehydes is 1. The van der Waals surface area contributed by atoms with Crippen molar-refractivity contribution in [3.63, 3.8) is 0 Å². The van der Waals surface area contributed by atoms with Gasteiger partial charge in [-0.25, -0.2) is 0 Å². The van der Waals surface area contributed by atoms with Gasteiger partial charge in [0.2, 0.25) is 23.6 Å². The summed E-state index contributed by atoms with van der Waals surface area (Å²) in [6.45, 7) is 8.38. The predicted octanol–water partition coefficient (Wildman–Crippen LogP) is -1.56. The van der Waals surface area contributed by atoms with Crippen LogP contribution in [0.15, 0.2) is 0 Å². The second kappa shape index (κ2) is 12.8. The van der Waals surface area contributed by atoms with E-state index >= 15 is 0 Å². The van der Waals surface area contributed by atoms with Crippen LogP contribution in [0.1, 0.15) is 41.0 Å². The van der Waals surface area contributed by atoms with Gasteiger partial charge in [0.05, 0.1) is 13.1 Å². The predicted molar refractivity (Wildman–Crippen MR) is 104 cm³/mol. The highest BCUT2D eigenvalue weighted by atomic mass is 16.2. The number of hydrogen-bond acceptors (Lipinski definition) is 6. The third-order valence-corrected chi connectivity index (χ3v) is 3.90. The fourth-order valence-corrected chi connectivity index (χ4v) is 2.41. The first-order valence-corrected chi connectivity index (χ1v) is 9.34. The van der Waals surface area contributed by atoms with Gasteiger partial charge in [0.1, 0.15) is 24.4 Å². The van der Waals surface area contributed by atoms with Gasteiger partial charge in [-0.2, -0.15) is 0 Å². The van der Waals surface area contributed by atoms with Gasteiger partial charge in [0.25, 0.3) is 0 Å². The summed E-state index contributed by atoms with van der Waals surface area (Å²) >= 11 is 0. The Labute approximate surface area is 165 Å². The molecule has 0 aromatic carbocycles. The molecule has 28 heavy (non-hydrogen) atoms. The highest BCUT2D eigenvalue weighted by Crippen LogP contribution is 2.08. The molecule has 3 atom stereocenters. The molecule has 0 heterocycles. The topological polar surface area (TPSA) is 159 Å². The van der Waals surface area contributed by atoms with E-state index in [2.05, 4.69) is 21.3 Å². The first kappa shape index (κ1) is 25.5. The van der Waals surface area contributed by atoms with E-state index in [1.165, 1.54) is 6.92 Å². The summed E-state index contributed by atoms with van der Waals surface area (Å²) in [5.74, 6) is -2.15. The van der Waals surface area contributed by atoms with Crippen LogP contribution in [0.5, 0.6) is 0 Å². The molecule has 0 fully saturated rings. The Morgan fingerprint density at radius 1 is 0.893 bits per heavy atom. The van der Waals surface area contributed by atoms with E-state index in [-0.39, 0.29) is 24.9 Å². The Morgan fingerprint density at radius 3 is 1.96 bits per heavy atom. The van der Waals surface area contributed by atoms with Gasteiger partial charge in [0.15, 0.2) is 0 Å². The Kier molecular flexibility index (Phi) is 11.7. The van der Waals surface area contributed by atoms with Crippen molar-refractivity contribution < 1.29 is 24.0 Å². The molecule has 4 amide bonds. The fourth-order valence-electron chi connectivity index (χ4n) is 2.41. The Balaban J connectivity index is 5.11. The van der Waals surface area contributed by atoms with E-state index in [0.29, 0.717) is 12.7 Å². The van der Waals surface area contributed by atoms with Crippen LogP contribution in [-0.4, -0.2) is 61.1 Å². The van der Waals surface area contributed by atoms with Crippen molar-refractivity contribution in [2.24, 2.45) is 17.6 Å². The molecule has 160 valence electrons. The number of nitrogens with one attached hydrogen (secondary N) is 4. The molecule has 0 rings (SSSR count). The SMILES string of the molecule is CC(C)C[C@H](NC(=O)CN)C(=O)N[C@H](C(=O)N[C@@H](C)C(=O)NCC=O)C(C)C. The van der Waals surface area contributed by atoms with E-state index in [1.54, 1.807) is 13.8 Å².